The normalized spacial score (nSPS) is 10.9. The van der Waals surface area contributed by atoms with Crippen molar-refractivity contribution < 1.29 is 14.6 Å². The molecular weight excluding hydrogens is 438 g/mol. The van der Waals surface area contributed by atoms with Crippen LogP contribution in [0.4, 0.5) is 0 Å². The van der Waals surface area contributed by atoms with Gasteiger partial charge in [-0.3, -0.25) is 0 Å². The second-order valence-corrected chi connectivity index (χ2v) is 7.88. The molecule has 2 aromatic heterocycles. The molecular formula is C26H18ClN3O3. The van der Waals surface area contributed by atoms with Crippen molar-refractivity contribution in [2.75, 3.05) is 0 Å². The van der Waals surface area contributed by atoms with Gasteiger partial charge in [-0.1, -0.05) is 66.2 Å². The zero-order chi connectivity index (χ0) is 22.8. The predicted octanol–water partition coefficient (Wildman–Crippen LogP) is 5.99. The van der Waals surface area contributed by atoms with E-state index in [-0.39, 0.29) is 5.69 Å². The molecule has 0 bridgehead atoms. The van der Waals surface area contributed by atoms with Crippen LogP contribution in [0, 0.1) is 0 Å². The second-order valence-electron chi connectivity index (χ2n) is 7.44. The molecule has 5 aromatic rings. The smallest absolute Gasteiger partial charge is 0.356 e. The van der Waals surface area contributed by atoms with E-state index in [4.69, 9.17) is 16.3 Å². The summed E-state index contributed by atoms with van der Waals surface area (Å²) in [6, 6.07) is 28.2. The quantitative estimate of drug-likeness (QED) is 0.340. The summed E-state index contributed by atoms with van der Waals surface area (Å²) in [5, 5.41) is 14.3. The van der Waals surface area contributed by atoms with Crippen molar-refractivity contribution in [1.29, 1.82) is 0 Å². The van der Waals surface area contributed by atoms with E-state index >= 15 is 0 Å². The number of aromatic nitrogens is 3. The first-order chi connectivity index (χ1) is 16.1. The molecule has 0 saturated carbocycles. The van der Waals surface area contributed by atoms with E-state index in [9.17, 15) is 9.90 Å². The lowest BCUT2D eigenvalue weighted by atomic mass is 10.1. The summed E-state index contributed by atoms with van der Waals surface area (Å²) in [5.74, 6) is -0.417. The molecule has 0 unspecified atom stereocenters. The highest BCUT2D eigenvalue weighted by atomic mass is 35.5. The Balaban J connectivity index is 1.58. The minimum absolute atomic E-state index is 0.0755. The lowest BCUT2D eigenvalue weighted by molar-refractivity contribution is 0.0690. The van der Waals surface area contributed by atoms with Crippen LogP contribution in [0.3, 0.4) is 0 Å². The van der Waals surface area contributed by atoms with Gasteiger partial charge in [-0.15, -0.1) is 0 Å². The summed E-state index contributed by atoms with van der Waals surface area (Å²) in [6.07, 6.45) is 0. The summed E-state index contributed by atoms with van der Waals surface area (Å²) in [5.41, 5.74) is 4.49. The van der Waals surface area contributed by atoms with Gasteiger partial charge in [0.2, 0.25) is 0 Å². The van der Waals surface area contributed by atoms with Crippen molar-refractivity contribution in [1.82, 2.24) is 14.6 Å². The van der Waals surface area contributed by atoms with Gasteiger partial charge >= 0.3 is 5.97 Å². The first-order valence-electron chi connectivity index (χ1n) is 10.2. The highest BCUT2D eigenvalue weighted by Crippen LogP contribution is 2.29. The van der Waals surface area contributed by atoms with E-state index < -0.39 is 5.97 Å². The van der Waals surface area contributed by atoms with Crippen LogP contribution in [0.1, 0.15) is 16.1 Å². The van der Waals surface area contributed by atoms with Gasteiger partial charge in [0.15, 0.2) is 11.3 Å². The number of nitrogens with zero attached hydrogens (tertiary/aromatic N) is 3. The van der Waals surface area contributed by atoms with Gasteiger partial charge in [-0.25, -0.2) is 14.3 Å². The van der Waals surface area contributed by atoms with Crippen molar-refractivity contribution in [3.8, 4) is 28.3 Å². The number of carboxylic acid groups (broad SMARTS) is 1. The minimum atomic E-state index is -1.11. The van der Waals surface area contributed by atoms with Gasteiger partial charge in [0, 0.05) is 22.2 Å². The van der Waals surface area contributed by atoms with Crippen LogP contribution in [0.15, 0.2) is 91.0 Å². The Morgan fingerprint density at radius 3 is 2.45 bits per heavy atom. The molecule has 162 valence electrons. The molecule has 3 aromatic carbocycles. The number of hydrogen-bond donors (Lipinski definition) is 1. The molecule has 6 nitrogen and oxygen atoms in total. The van der Waals surface area contributed by atoms with Gasteiger partial charge in [-0.05, 0) is 35.9 Å². The zero-order valence-corrected chi connectivity index (χ0v) is 18.1. The number of rotatable bonds is 6. The topological polar surface area (TPSA) is 76.7 Å². The van der Waals surface area contributed by atoms with Crippen LogP contribution in [-0.4, -0.2) is 25.7 Å². The third kappa shape index (κ3) is 4.42. The van der Waals surface area contributed by atoms with Crippen LogP contribution >= 0.6 is 11.6 Å². The van der Waals surface area contributed by atoms with E-state index in [0.29, 0.717) is 34.4 Å². The number of fused-ring (bicyclic) bond motifs is 1. The van der Waals surface area contributed by atoms with Gasteiger partial charge in [0.25, 0.3) is 0 Å². The molecule has 0 saturated heterocycles. The van der Waals surface area contributed by atoms with Crippen molar-refractivity contribution in [2.45, 2.75) is 6.61 Å². The monoisotopic (exact) mass is 455 g/mol. The summed E-state index contributed by atoms with van der Waals surface area (Å²) in [4.78, 5) is 16.2. The highest BCUT2D eigenvalue weighted by molar-refractivity contribution is 6.30. The Morgan fingerprint density at radius 1 is 0.909 bits per heavy atom. The maximum Gasteiger partial charge on any atom is 0.356 e. The van der Waals surface area contributed by atoms with Crippen molar-refractivity contribution >= 4 is 23.2 Å². The molecule has 5 rings (SSSR count). The fourth-order valence-corrected chi connectivity index (χ4v) is 3.67. The van der Waals surface area contributed by atoms with Crippen molar-refractivity contribution in [3.63, 3.8) is 0 Å². The van der Waals surface area contributed by atoms with Gasteiger partial charge < -0.3 is 9.84 Å². The largest absolute Gasteiger partial charge is 0.489 e. The molecule has 0 spiro atoms. The Labute approximate surface area is 194 Å². The molecule has 0 aliphatic carbocycles. The van der Waals surface area contributed by atoms with Gasteiger partial charge in [-0.2, -0.15) is 5.10 Å². The van der Waals surface area contributed by atoms with Crippen LogP contribution < -0.4 is 4.74 Å². The fraction of sp³-hybridized carbons (Fsp3) is 0.0385. The molecule has 0 atom stereocenters. The SMILES string of the molecule is O=C(O)c1cc2nc(-c3ccc(Cl)cc3)cc(-c3cccc(OCc4ccccc4)c3)n2n1. The fourth-order valence-electron chi connectivity index (χ4n) is 3.54. The van der Waals surface area contributed by atoms with Gasteiger partial charge in [0.05, 0.1) is 11.4 Å². The number of hydrogen-bond acceptors (Lipinski definition) is 4. The summed E-state index contributed by atoms with van der Waals surface area (Å²) in [7, 11) is 0. The van der Waals surface area contributed by atoms with Crippen molar-refractivity contribution in [3.05, 3.63) is 107 Å². The minimum Gasteiger partial charge on any atom is -0.489 e. The lowest BCUT2D eigenvalue weighted by Crippen LogP contribution is -2.01. The van der Waals surface area contributed by atoms with E-state index in [2.05, 4.69) is 10.1 Å². The standard InChI is InChI=1S/C26H18ClN3O3/c27-20-11-9-18(10-12-20)22-14-24(30-25(28-22)15-23(29-30)26(31)32)19-7-4-8-21(13-19)33-16-17-5-2-1-3-6-17/h1-15H,16H2,(H,31,32). The van der Waals surface area contributed by atoms with Crippen LogP contribution in [0.25, 0.3) is 28.2 Å². The number of carboxylic acids is 1. The van der Waals surface area contributed by atoms with E-state index in [1.165, 1.54) is 6.07 Å². The maximum atomic E-state index is 11.5. The summed E-state index contributed by atoms with van der Waals surface area (Å²) >= 11 is 6.04. The molecule has 7 heteroatoms. The number of halogens is 1. The van der Waals surface area contributed by atoms with Crippen LogP contribution in [0.2, 0.25) is 5.02 Å². The lowest BCUT2D eigenvalue weighted by Gasteiger charge is -2.11. The van der Waals surface area contributed by atoms with E-state index in [1.807, 2.05) is 72.8 Å². The summed E-state index contributed by atoms with van der Waals surface area (Å²) < 4.78 is 7.52. The molecule has 2 heterocycles. The number of aromatic carboxylic acids is 1. The number of benzene rings is 3. The van der Waals surface area contributed by atoms with E-state index in [0.717, 1.165) is 16.7 Å². The number of ether oxygens (including phenoxy) is 1. The van der Waals surface area contributed by atoms with E-state index in [1.54, 1.807) is 16.6 Å². The third-order valence-corrected chi connectivity index (χ3v) is 5.42. The van der Waals surface area contributed by atoms with Crippen LogP contribution in [0.5, 0.6) is 5.75 Å². The first kappa shape index (κ1) is 20.7. The molecule has 0 aliphatic rings. The molecule has 0 fully saturated rings. The molecule has 0 radical (unpaired) electrons. The predicted molar refractivity (Wildman–Crippen MR) is 127 cm³/mol. The Morgan fingerprint density at radius 2 is 1.70 bits per heavy atom. The Kier molecular flexibility index (Phi) is 5.50. The average Bonchev–Trinajstić information content (AvgIpc) is 3.28. The third-order valence-electron chi connectivity index (χ3n) is 5.16. The van der Waals surface area contributed by atoms with Crippen LogP contribution in [-0.2, 0) is 6.61 Å². The molecule has 33 heavy (non-hydrogen) atoms. The molecule has 0 amide bonds. The zero-order valence-electron chi connectivity index (χ0n) is 17.4. The summed E-state index contributed by atoms with van der Waals surface area (Å²) in [6.45, 7) is 0.441. The maximum absolute atomic E-state index is 11.5. The van der Waals surface area contributed by atoms with Crippen molar-refractivity contribution in [2.24, 2.45) is 0 Å². The molecule has 0 aliphatic heterocycles. The molecule has 1 N–H and O–H groups in total. The average molecular weight is 456 g/mol. The first-order valence-corrected chi connectivity index (χ1v) is 10.6. The Hall–Kier alpha value is -4.16. The van der Waals surface area contributed by atoms with Gasteiger partial charge in [0.1, 0.15) is 12.4 Å². The highest BCUT2D eigenvalue weighted by Gasteiger charge is 2.16. The number of carbonyl (C=O) groups is 1. The second kappa shape index (κ2) is 8.76. The Bertz CT molecular complexity index is 1450.